The van der Waals surface area contributed by atoms with Crippen molar-refractivity contribution in [3.05, 3.63) is 101 Å². The van der Waals surface area contributed by atoms with Crippen molar-refractivity contribution in [3.63, 3.8) is 0 Å². The van der Waals surface area contributed by atoms with Crippen molar-refractivity contribution >= 4 is 16.9 Å². The number of hydrogen-bond acceptors (Lipinski definition) is 3. The number of ether oxygens (including phenoxy) is 1. The third-order valence-electron chi connectivity index (χ3n) is 5.34. The Bertz CT molecular complexity index is 1180. The molecular formula is C26H26N2O3. The van der Waals surface area contributed by atoms with E-state index in [1.807, 2.05) is 66.9 Å². The highest BCUT2D eigenvalue weighted by Crippen LogP contribution is 2.20. The van der Waals surface area contributed by atoms with Gasteiger partial charge in [-0.1, -0.05) is 60.2 Å². The van der Waals surface area contributed by atoms with E-state index in [4.69, 9.17) is 4.74 Å². The van der Waals surface area contributed by atoms with E-state index in [0.29, 0.717) is 19.6 Å². The molecule has 1 atom stereocenters. The average Bonchev–Trinajstić information content (AvgIpc) is 3.18. The first kappa shape index (κ1) is 20.7. The molecule has 1 aromatic heterocycles. The normalized spacial score (nSPS) is 12.0. The summed E-state index contributed by atoms with van der Waals surface area (Å²) in [5.74, 6) is -0.0959. The second kappa shape index (κ2) is 9.49. The number of carboxylic acid groups (broad SMARTS) is 1. The van der Waals surface area contributed by atoms with Gasteiger partial charge >= 0.3 is 5.97 Å². The Balaban J connectivity index is 1.38. The van der Waals surface area contributed by atoms with Gasteiger partial charge in [0.05, 0.1) is 0 Å². The van der Waals surface area contributed by atoms with Crippen LogP contribution in [0.2, 0.25) is 0 Å². The zero-order valence-electron chi connectivity index (χ0n) is 17.5. The van der Waals surface area contributed by atoms with Crippen LogP contribution in [0.3, 0.4) is 0 Å². The predicted molar refractivity (Wildman–Crippen MR) is 122 cm³/mol. The third-order valence-corrected chi connectivity index (χ3v) is 5.34. The van der Waals surface area contributed by atoms with Crippen molar-refractivity contribution in [1.82, 2.24) is 10.3 Å². The van der Waals surface area contributed by atoms with Gasteiger partial charge in [0.2, 0.25) is 0 Å². The summed E-state index contributed by atoms with van der Waals surface area (Å²) in [6.45, 7) is 3.00. The van der Waals surface area contributed by atoms with Gasteiger partial charge < -0.3 is 20.1 Å². The molecular weight excluding hydrogens is 388 g/mol. The molecule has 0 bridgehead atoms. The van der Waals surface area contributed by atoms with E-state index < -0.39 is 12.0 Å². The highest BCUT2D eigenvalue weighted by atomic mass is 16.5. The molecule has 5 heteroatoms. The molecule has 0 radical (unpaired) electrons. The van der Waals surface area contributed by atoms with E-state index >= 15 is 0 Å². The van der Waals surface area contributed by atoms with E-state index in [1.165, 1.54) is 5.56 Å². The molecule has 3 N–H and O–H groups in total. The van der Waals surface area contributed by atoms with Gasteiger partial charge in [0.25, 0.3) is 0 Å². The van der Waals surface area contributed by atoms with Crippen molar-refractivity contribution in [3.8, 4) is 5.75 Å². The fourth-order valence-corrected chi connectivity index (χ4v) is 3.72. The Hall–Kier alpha value is -3.57. The number of aromatic nitrogens is 1. The molecule has 31 heavy (non-hydrogen) atoms. The zero-order valence-corrected chi connectivity index (χ0v) is 17.5. The lowest BCUT2D eigenvalue weighted by Gasteiger charge is -2.15. The van der Waals surface area contributed by atoms with Gasteiger partial charge in [-0.3, -0.25) is 4.79 Å². The zero-order chi connectivity index (χ0) is 21.6. The Morgan fingerprint density at radius 2 is 1.84 bits per heavy atom. The van der Waals surface area contributed by atoms with Gasteiger partial charge in [0.1, 0.15) is 18.4 Å². The summed E-state index contributed by atoms with van der Waals surface area (Å²) >= 11 is 0. The SMILES string of the molecule is Cc1cccc(COc2cccc(CNC(Cc3c[nH]c4ccccc34)C(=O)O)c2)c1. The fourth-order valence-electron chi connectivity index (χ4n) is 3.72. The highest BCUT2D eigenvalue weighted by molar-refractivity contribution is 5.84. The molecule has 0 saturated heterocycles. The summed E-state index contributed by atoms with van der Waals surface area (Å²) in [5, 5.41) is 13.9. The lowest BCUT2D eigenvalue weighted by atomic mass is 10.0. The number of H-pyrrole nitrogens is 1. The average molecular weight is 415 g/mol. The number of benzene rings is 3. The maximum atomic E-state index is 11.8. The maximum Gasteiger partial charge on any atom is 0.321 e. The summed E-state index contributed by atoms with van der Waals surface area (Å²) in [4.78, 5) is 15.0. The van der Waals surface area contributed by atoms with Crippen molar-refractivity contribution in [2.45, 2.75) is 32.5 Å². The summed E-state index contributed by atoms with van der Waals surface area (Å²) in [5.41, 5.74) is 5.31. The Morgan fingerprint density at radius 3 is 2.68 bits per heavy atom. The molecule has 0 aliphatic heterocycles. The van der Waals surface area contributed by atoms with E-state index in [2.05, 4.69) is 29.4 Å². The first-order valence-electron chi connectivity index (χ1n) is 10.4. The molecule has 4 aromatic rings. The minimum Gasteiger partial charge on any atom is -0.489 e. The van der Waals surface area contributed by atoms with Crippen molar-refractivity contribution in [2.75, 3.05) is 0 Å². The minimum absolute atomic E-state index is 0.406. The molecule has 0 amide bonds. The van der Waals surface area contributed by atoms with Crippen molar-refractivity contribution in [1.29, 1.82) is 0 Å². The van der Waals surface area contributed by atoms with Crippen LogP contribution in [-0.2, 0) is 24.4 Å². The number of aryl methyl sites for hydroxylation is 1. The van der Waals surface area contributed by atoms with Crippen molar-refractivity contribution in [2.24, 2.45) is 0 Å². The number of para-hydroxylation sites is 1. The molecule has 0 aliphatic carbocycles. The molecule has 0 spiro atoms. The second-order valence-electron chi connectivity index (χ2n) is 7.76. The number of carboxylic acids is 1. The van der Waals surface area contributed by atoms with Gasteiger partial charge in [-0.2, -0.15) is 0 Å². The van der Waals surface area contributed by atoms with Crippen LogP contribution in [0.15, 0.2) is 79.0 Å². The molecule has 0 fully saturated rings. The van der Waals surface area contributed by atoms with Gasteiger partial charge in [-0.25, -0.2) is 0 Å². The largest absolute Gasteiger partial charge is 0.489 e. The molecule has 158 valence electrons. The number of fused-ring (bicyclic) bond motifs is 1. The first-order valence-corrected chi connectivity index (χ1v) is 10.4. The van der Waals surface area contributed by atoms with E-state index in [0.717, 1.165) is 33.3 Å². The van der Waals surface area contributed by atoms with Crippen LogP contribution in [0.1, 0.15) is 22.3 Å². The summed E-state index contributed by atoms with van der Waals surface area (Å²) in [6, 6.07) is 23.2. The van der Waals surface area contributed by atoms with Crippen LogP contribution in [0, 0.1) is 6.92 Å². The van der Waals surface area contributed by atoms with E-state index in [9.17, 15) is 9.90 Å². The number of nitrogens with one attached hydrogen (secondary N) is 2. The molecule has 3 aromatic carbocycles. The molecule has 1 heterocycles. The van der Waals surface area contributed by atoms with Crippen LogP contribution in [0.5, 0.6) is 5.75 Å². The van der Waals surface area contributed by atoms with Gasteiger partial charge in [-0.05, 0) is 41.8 Å². The molecule has 5 nitrogen and oxygen atoms in total. The number of aromatic amines is 1. The quantitative estimate of drug-likeness (QED) is 0.366. The van der Waals surface area contributed by atoms with Crippen LogP contribution in [0.4, 0.5) is 0 Å². The number of carbonyl (C=O) groups is 1. The van der Waals surface area contributed by atoms with E-state index in [-0.39, 0.29) is 0 Å². The summed E-state index contributed by atoms with van der Waals surface area (Å²) < 4.78 is 5.93. The van der Waals surface area contributed by atoms with Crippen molar-refractivity contribution < 1.29 is 14.6 Å². The molecule has 0 saturated carbocycles. The lowest BCUT2D eigenvalue weighted by Crippen LogP contribution is -2.38. The standard InChI is InChI=1S/C26H26N2O3/c1-18-6-4-8-20(12-18)17-31-22-9-5-7-19(13-22)15-27-25(26(29)30)14-21-16-28-24-11-3-2-10-23(21)24/h2-13,16,25,27-28H,14-15,17H2,1H3,(H,29,30). The Labute approximate surface area is 181 Å². The first-order chi connectivity index (χ1) is 15.1. The topological polar surface area (TPSA) is 74.3 Å². The van der Waals surface area contributed by atoms with E-state index in [1.54, 1.807) is 0 Å². The Kier molecular flexibility index (Phi) is 6.34. The van der Waals surface area contributed by atoms with Gasteiger partial charge in [0, 0.05) is 30.1 Å². The van der Waals surface area contributed by atoms with Gasteiger partial charge in [0.15, 0.2) is 0 Å². The molecule has 1 unspecified atom stereocenters. The Morgan fingerprint density at radius 1 is 1.03 bits per heavy atom. The third kappa shape index (κ3) is 5.32. The fraction of sp³-hybridized carbons (Fsp3) is 0.192. The number of hydrogen-bond donors (Lipinski definition) is 3. The molecule has 0 aliphatic rings. The highest BCUT2D eigenvalue weighted by Gasteiger charge is 2.19. The summed E-state index contributed by atoms with van der Waals surface area (Å²) in [7, 11) is 0. The number of rotatable bonds is 9. The van der Waals surface area contributed by atoms with Crippen LogP contribution in [-0.4, -0.2) is 22.1 Å². The molecule has 4 rings (SSSR count). The van der Waals surface area contributed by atoms with Gasteiger partial charge in [-0.15, -0.1) is 0 Å². The van der Waals surface area contributed by atoms with Crippen LogP contribution < -0.4 is 10.1 Å². The van der Waals surface area contributed by atoms with Crippen LogP contribution >= 0.6 is 0 Å². The van der Waals surface area contributed by atoms with Crippen LogP contribution in [0.25, 0.3) is 10.9 Å². The monoisotopic (exact) mass is 414 g/mol. The predicted octanol–water partition coefficient (Wildman–Crippen LogP) is 4.84. The minimum atomic E-state index is -0.864. The number of aliphatic carboxylic acids is 1. The summed E-state index contributed by atoms with van der Waals surface area (Å²) in [6.07, 6.45) is 2.30. The maximum absolute atomic E-state index is 11.8. The second-order valence-corrected chi connectivity index (χ2v) is 7.76. The smallest absolute Gasteiger partial charge is 0.321 e. The lowest BCUT2D eigenvalue weighted by molar-refractivity contribution is -0.139.